The van der Waals surface area contributed by atoms with Gasteiger partial charge in [-0.05, 0) is 89.6 Å². The van der Waals surface area contributed by atoms with Crippen molar-refractivity contribution in [3.63, 3.8) is 0 Å². The summed E-state index contributed by atoms with van der Waals surface area (Å²) in [5.74, 6) is 0. The van der Waals surface area contributed by atoms with Crippen molar-refractivity contribution in [2.75, 3.05) is 0 Å². The van der Waals surface area contributed by atoms with Gasteiger partial charge in [-0.2, -0.15) is 0 Å². The van der Waals surface area contributed by atoms with Gasteiger partial charge in [0.25, 0.3) is 0 Å². The molecule has 45 heavy (non-hydrogen) atoms. The second kappa shape index (κ2) is 9.45. The van der Waals surface area contributed by atoms with E-state index in [0.717, 1.165) is 19.3 Å². The second-order valence-electron chi connectivity index (χ2n) is 12.4. The molecule has 2 aromatic heterocycles. The van der Waals surface area contributed by atoms with Crippen molar-refractivity contribution >= 4 is 49.2 Å². The highest BCUT2D eigenvalue weighted by molar-refractivity contribution is 6.15. The summed E-state index contributed by atoms with van der Waals surface area (Å²) in [6.45, 7) is 0. The lowest BCUT2D eigenvalue weighted by molar-refractivity contribution is 1.02. The third-order valence-electron chi connectivity index (χ3n) is 9.96. The molecule has 2 heteroatoms. The number of hydrogen-bond donors (Lipinski definition) is 0. The third-order valence-corrected chi connectivity index (χ3v) is 9.96. The van der Waals surface area contributed by atoms with Gasteiger partial charge in [-0.3, -0.25) is 0 Å². The summed E-state index contributed by atoms with van der Waals surface area (Å²) in [4.78, 5) is 0. The maximum Gasteiger partial charge on any atom is 0.0619 e. The molecule has 0 fully saturated rings. The predicted molar refractivity (Wildman–Crippen MR) is 190 cm³/mol. The molecular weight excluding hydrogens is 544 g/mol. The molecule has 8 aromatic rings. The lowest BCUT2D eigenvalue weighted by Crippen LogP contribution is -1.96. The first-order chi connectivity index (χ1) is 22.3. The van der Waals surface area contributed by atoms with E-state index < -0.39 is 0 Å². The van der Waals surface area contributed by atoms with Crippen LogP contribution in [0.1, 0.15) is 24.0 Å². The number of fused-ring (bicyclic) bond motifs is 9. The van der Waals surface area contributed by atoms with E-state index in [1.807, 2.05) is 0 Å². The van der Waals surface area contributed by atoms with Crippen molar-refractivity contribution in [2.45, 2.75) is 19.3 Å². The number of rotatable bonds is 3. The highest BCUT2D eigenvalue weighted by atomic mass is 15.0. The Morgan fingerprint density at radius 3 is 1.98 bits per heavy atom. The minimum atomic E-state index is 1.04. The molecule has 0 spiro atoms. The van der Waals surface area contributed by atoms with Gasteiger partial charge in [0, 0.05) is 38.5 Å². The van der Waals surface area contributed by atoms with Gasteiger partial charge in [-0.1, -0.05) is 103 Å². The summed E-state index contributed by atoms with van der Waals surface area (Å²) < 4.78 is 4.89. The van der Waals surface area contributed by atoms with Crippen LogP contribution in [0.5, 0.6) is 0 Å². The Labute approximate surface area is 261 Å². The molecule has 2 heterocycles. The maximum absolute atomic E-state index is 2.47. The average Bonchev–Trinajstić information content (AvgIpc) is 3.76. The first kappa shape index (κ1) is 24.8. The van der Waals surface area contributed by atoms with Crippen molar-refractivity contribution in [2.24, 2.45) is 0 Å². The summed E-state index contributed by atoms with van der Waals surface area (Å²) in [6.07, 6.45) is 8.22. The SMILES string of the molecule is C1=C2Cc3cc(-c4cccc5c6cc(-n7c8ccccc8c8ccccc87)ccc6n(-c6ccccc6)c45)ccc3C2=CCC1. The molecule has 0 amide bonds. The number of allylic oxidation sites excluding steroid dienone is 4. The number of nitrogens with zero attached hydrogens (tertiary/aromatic N) is 2. The molecule has 0 radical (unpaired) electrons. The smallest absolute Gasteiger partial charge is 0.0619 e. The zero-order valence-electron chi connectivity index (χ0n) is 24.9. The lowest BCUT2D eigenvalue weighted by atomic mass is 9.96. The minimum Gasteiger partial charge on any atom is -0.309 e. The molecule has 0 bridgehead atoms. The lowest BCUT2D eigenvalue weighted by Gasteiger charge is -2.13. The van der Waals surface area contributed by atoms with Crippen LogP contribution in [0.4, 0.5) is 0 Å². The Bertz CT molecular complexity index is 2500. The zero-order chi connectivity index (χ0) is 29.5. The molecule has 10 rings (SSSR count). The molecule has 2 aliphatic rings. The maximum atomic E-state index is 2.47. The van der Waals surface area contributed by atoms with Gasteiger partial charge in [0.15, 0.2) is 0 Å². The van der Waals surface area contributed by atoms with Crippen LogP contribution < -0.4 is 0 Å². The highest BCUT2D eigenvalue weighted by Gasteiger charge is 2.24. The molecule has 212 valence electrons. The normalized spacial score (nSPS) is 14.2. The molecule has 2 nitrogen and oxygen atoms in total. The molecule has 2 aliphatic carbocycles. The Morgan fingerprint density at radius 1 is 0.444 bits per heavy atom. The average molecular weight is 575 g/mol. The number of hydrogen-bond acceptors (Lipinski definition) is 0. The van der Waals surface area contributed by atoms with E-state index in [1.54, 1.807) is 0 Å². The summed E-state index contributed by atoms with van der Waals surface area (Å²) in [6, 6.07) is 49.3. The van der Waals surface area contributed by atoms with Gasteiger partial charge < -0.3 is 9.13 Å². The van der Waals surface area contributed by atoms with E-state index in [9.17, 15) is 0 Å². The molecule has 0 unspecified atom stereocenters. The van der Waals surface area contributed by atoms with Crippen LogP contribution in [0, 0.1) is 0 Å². The first-order valence-corrected chi connectivity index (χ1v) is 16.0. The van der Waals surface area contributed by atoms with Crippen molar-refractivity contribution in [1.29, 1.82) is 0 Å². The fraction of sp³-hybridized carbons (Fsp3) is 0.0698. The molecule has 0 saturated heterocycles. The van der Waals surface area contributed by atoms with Crippen LogP contribution >= 0.6 is 0 Å². The van der Waals surface area contributed by atoms with E-state index in [2.05, 4.69) is 155 Å². The Balaban J connectivity index is 1.25. The largest absolute Gasteiger partial charge is 0.309 e. The number of para-hydroxylation sites is 4. The van der Waals surface area contributed by atoms with E-state index in [4.69, 9.17) is 0 Å². The van der Waals surface area contributed by atoms with Gasteiger partial charge in [0.1, 0.15) is 0 Å². The number of aromatic nitrogens is 2. The Hall–Kier alpha value is -5.60. The number of benzene rings is 6. The molecular formula is C43H30N2. The first-order valence-electron chi connectivity index (χ1n) is 16.0. The molecule has 0 N–H and O–H groups in total. The van der Waals surface area contributed by atoms with Gasteiger partial charge in [-0.15, -0.1) is 0 Å². The topological polar surface area (TPSA) is 9.86 Å². The Kier molecular flexibility index (Phi) is 5.21. The zero-order valence-corrected chi connectivity index (χ0v) is 24.9. The highest BCUT2D eigenvalue weighted by Crippen LogP contribution is 2.44. The summed E-state index contributed by atoms with van der Waals surface area (Å²) in [5, 5.41) is 5.10. The van der Waals surface area contributed by atoms with Crippen LogP contribution in [0.25, 0.3) is 71.7 Å². The van der Waals surface area contributed by atoms with E-state index in [-0.39, 0.29) is 0 Å². The van der Waals surface area contributed by atoms with Crippen molar-refractivity contribution < 1.29 is 0 Å². The standard InChI is InChI=1S/C43H30N2/c1-2-12-31(13-3-1)45-42-24-22-32(44-40-19-8-6-15-36(40)37-16-7-9-20-41(37)44)27-39(42)38-18-10-17-35(43(38)45)29-21-23-34-30(26-29)25-28-11-4-5-14-33(28)34/h1-3,6-24,26-27H,4-5,25H2. The van der Waals surface area contributed by atoms with Crippen LogP contribution in [0.2, 0.25) is 0 Å². The van der Waals surface area contributed by atoms with E-state index >= 15 is 0 Å². The monoisotopic (exact) mass is 574 g/mol. The summed E-state index contributed by atoms with van der Waals surface area (Å²) >= 11 is 0. The van der Waals surface area contributed by atoms with Gasteiger partial charge in [0.05, 0.1) is 22.1 Å². The third kappa shape index (κ3) is 3.57. The quantitative estimate of drug-likeness (QED) is 0.199. The van der Waals surface area contributed by atoms with E-state index in [1.165, 1.54) is 88.4 Å². The molecule has 0 aliphatic heterocycles. The second-order valence-corrected chi connectivity index (χ2v) is 12.4. The molecule has 0 saturated carbocycles. The molecule has 0 atom stereocenters. The Morgan fingerprint density at radius 2 is 1.16 bits per heavy atom. The van der Waals surface area contributed by atoms with E-state index in [0.29, 0.717) is 0 Å². The van der Waals surface area contributed by atoms with Crippen LogP contribution in [0.15, 0.2) is 151 Å². The van der Waals surface area contributed by atoms with Gasteiger partial charge in [0.2, 0.25) is 0 Å². The van der Waals surface area contributed by atoms with Crippen LogP contribution in [-0.4, -0.2) is 9.13 Å². The van der Waals surface area contributed by atoms with Crippen molar-refractivity contribution in [3.8, 4) is 22.5 Å². The fourth-order valence-corrected chi connectivity index (χ4v) is 8.03. The predicted octanol–water partition coefficient (Wildman–Crippen LogP) is 11.2. The van der Waals surface area contributed by atoms with Gasteiger partial charge >= 0.3 is 0 Å². The van der Waals surface area contributed by atoms with Gasteiger partial charge in [-0.25, -0.2) is 0 Å². The van der Waals surface area contributed by atoms with Crippen LogP contribution in [-0.2, 0) is 6.42 Å². The fourth-order valence-electron chi connectivity index (χ4n) is 8.03. The summed E-state index contributed by atoms with van der Waals surface area (Å²) in [7, 11) is 0. The van der Waals surface area contributed by atoms with Crippen molar-refractivity contribution in [3.05, 3.63) is 162 Å². The minimum absolute atomic E-state index is 1.04. The molecule has 6 aromatic carbocycles. The van der Waals surface area contributed by atoms with Crippen LogP contribution in [0.3, 0.4) is 0 Å². The summed E-state index contributed by atoms with van der Waals surface area (Å²) in [5.41, 5.74) is 15.7. The van der Waals surface area contributed by atoms with Crippen molar-refractivity contribution in [1.82, 2.24) is 9.13 Å².